The Morgan fingerprint density at radius 3 is 2.56 bits per heavy atom. The van der Waals surface area contributed by atoms with Gasteiger partial charge in [-0.05, 0) is 31.0 Å². The van der Waals surface area contributed by atoms with Crippen LogP contribution in [0.25, 0.3) is 0 Å². The summed E-state index contributed by atoms with van der Waals surface area (Å²) in [5, 5.41) is 3.23. The van der Waals surface area contributed by atoms with E-state index in [0.29, 0.717) is 5.69 Å². The average Bonchev–Trinajstić information content (AvgIpc) is 2.36. The van der Waals surface area contributed by atoms with Crippen molar-refractivity contribution >= 4 is 11.4 Å². The Bertz CT molecular complexity index is 511. The van der Waals surface area contributed by atoms with Gasteiger partial charge in [0, 0.05) is 6.04 Å². The largest absolute Gasteiger partial charge is 0.395 e. The summed E-state index contributed by atoms with van der Waals surface area (Å²) in [6, 6.07) is 15.2. The van der Waals surface area contributed by atoms with Crippen molar-refractivity contribution in [1.82, 2.24) is 0 Å². The monoisotopic (exact) mass is 244 g/mol. The first-order valence-corrected chi connectivity index (χ1v) is 6.01. The Kier molecular flexibility index (Phi) is 3.82. The van der Waals surface area contributed by atoms with Crippen LogP contribution < -0.4 is 11.1 Å². The quantitative estimate of drug-likeness (QED) is 0.808. The van der Waals surface area contributed by atoms with Gasteiger partial charge in [-0.15, -0.1) is 0 Å². The van der Waals surface area contributed by atoms with Gasteiger partial charge in [-0.2, -0.15) is 0 Å². The normalized spacial score (nSPS) is 12.1. The molecule has 0 spiro atoms. The zero-order valence-electron chi connectivity index (χ0n) is 10.4. The molecule has 2 aromatic rings. The molecular formula is C15H17FN2. The predicted octanol–water partition coefficient (Wildman–Crippen LogP) is 3.45. The molecule has 0 aliphatic carbocycles. The van der Waals surface area contributed by atoms with Gasteiger partial charge < -0.3 is 11.1 Å². The Morgan fingerprint density at radius 2 is 1.83 bits per heavy atom. The number of hydrogen-bond donors (Lipinski definition) is 2. The van der Waals surface area contributed by atoms with Crippen molar-refractivity contribution in [1.29, 1.82) is 0 Å². The predicted molar refractivity (Wildman–Crippen MR) is 74.0 cm³/mol. The number of benzene rings is 2. The molecule has 0 saturated heterocycles. The summed E-state index contributed by atoms with van der Waals surface area (Å²) in [5.41, 5.74) is 7.76. The molecule has 2 aromatic carbocycles. The molecule has 0 heterocycles. The molecule has 0 amide bonds. The third kappa shape index (κ3) is 3.00. The Labute approximate surface area is 107 Å². The summed E-state index contributed by atoms with van der Waals surface area (Å²) in [6.07, 6.45) is 0.872. The molecular weight excluding hydrogens is 227 g/mol. The van der Waals surface area contributed by atoms with Crippen LogP contribution >= 0.6 is 0 Å². The second-order valence-electron chi connectivity index (χ2n) is 4.44. The second-order valence-corrected chi connectivity index (χ2v) is 4.44. The van der Waals surface area contributed by atoms with Crippen molar-refractivity contribution in [3.05, 3.63) is 59.9 Å². The highest BCUT2D eigenvalue weighted by atomic mass is 19.1. The molecule has 0 saturated carbocycles. The summed E-state index contributed by atoms with van der Waals surface area (Å²) in [6.45, 7) is 2.05. The lowest BCUT2D eigenvalue weighted by molar-refractivity contribution is 0.632. The summed E-state index contributed by atoms with van der Waals surface area (Å²) >= 11 is 0. The molecule has 0 aliphatic rings. The Morgan fingerprint density at radius 1 is 1.11 bits per heavy atom. The van der Waals surface area contributed by atoms with E-state index in [4.69, 9.17) is 5.73 Å². The van der Waals surface area contributed by atoms with E-state index in [0.717, 1.165) is 6.42 Å². The summed E-state index contributed by atoms with van der Waals surface area (Å²) in [4.78, 5) is 0. The number of nitrogen functional groups attached to an aromatic ring is 1. The minimum atomic E-state index is -0.382. The SMILES string of the molecule is CC(Cc1ccccc1)Nc1cccc(F)c1N. The average molecular weight is 244 g/mol. The van der Waals surface area contributed by atoms with Crippen molar-refractivity contribution in [2.24, 2.45) is 0 Å². The molecule has 0 radical (unpaired) electrons. The van der Waals surface area contributed by atoms with E-state index in [-0.39, 0.29) is 17.5 Å². The molecule has 3 heteroatoms. The second kappa shape index (κ2) is 5.54. The fourth-order valence-electron chi connectivity index (χ4n) is 1.95. The topological polar surface area (TPSA) is 38.0 Å². The Hall–Kier alpha value is -2.03. The minimum absolute atomic E-state index is 0.178. The van der Waals surface area contributed by atoms with Gasteiger partial charge in [0.05, 0.1) is 11.4 Å². The lowest BCUT2D eigenvalue weighted by Crippen LogP contribution is -2.19. The number of para-hydroxylation sites is 1. The van der Waals surface area contributed by atoms with Crippen LogP contribution in [0.2, 0.25) is 0 Å². The first-order valence-electron chi connectivity index (χ1n) is 6.01. The molecule has 0 bridgehead atoms. The van der Waals surface area contributed by atoms with Crippen LogP contribution in [0.3, 0.4) is 0 Å². The number of halogens is 1. The number of nitrogens with one attached hydrogen (secondary N) is 1. The van der Waals surface area contributed by atoms with Gasteiger partial charge in [0.25, 0.3) is 0 Å². The van der Waals surface area contributed by atoms with Crippen molar-refractivity contribution in [3.8, 4) is 0 Å². The number of nitrogens with two attached hydrogens (primary N) is 1. The zero-order valence-corrected chi connectivity index (χ0v) is 10.4. The maximum absolute atomic E-state index is 13.3. The summed E-state index contributed by atoms with van der Waals surface area (Å²) in [7, 11) is 0. The van der Waals surface area contributed by atoms with Crippen LogP contribution in [0.5, 0.6) is 0 Å². The fourth-order valence-corrected chi connectivity index (χ4v) is 1.95. The molecule has 2 nitrogen and oxygen atoms in total. The lowest BCUT2D eigenvalue weighted by Gasteiger charge is -2.17. The standard InChI is InChI=1S/C15H17FN2/c1-11(10-12-6-3-2-4-7-12)18-14-9-5-8-13(16)15(14)17/h2-9,11,18H,10,17H2,1H3. The highest BCUT2D eigenvalue weighted by molar-refractivity contribution is 5.66. The lowest BCUT2D eigenvalue weighted by atomic mass is 10.1. The van der Waals surface area contributed by atoms with Crippen LogP contribution in [0.15, 0.2) is 48.5 Å². The van der Waals surface area contributed by atoms with E-state index in [1.165, 1.54) is 11.6 Å². The third-order valence-electron chi connectivity index (χ3n) is 2.84. The zero-order chi connectivity index (χ0) is 13.0. The van der Waals surface area contributed by atoms with E-state index in [1.807, 2.05) is 18.2 Å². The van der Waals surface area contributed by atoms with Crippen molar-refractivity contribution < 1.29 is 4.39 Å². The van der Waals surface area contributed by atoms with Gasteiger partial charge >= 0.3 is 0 Å². The van der Waals surface area contributed by atoms with Crippen molar-refractivity contribution in [2.75, 3.05) is 11.1 Å². The summed E-state index contributed by atoms with van der Waals surface area (Å²) < 4.78 is 13.3. The van der Waals surface area contributed by atoms with E-state index in [1.54, 1.807) is 12.1 Å². The van der Waals surface area contributed by atoms with Gasteiger partial charge in [0.15, 0.2) is 0 Å². The van der Waals surface area contributed by atoms with E-state index in [2.05, 4.69) is 24.4 Å². The highest BCUT2D eigenvalue weighted by Crippen LogP contribution is 2.22. The molecule has 94 valence electrons. The molecule has 0 aromatic heterocycles. The van der Waals surface area contributed by atoms with E-state index >= 15 is 0 Å². The maximum Gasteiger partial charge on any atom is 0.148 e. The van der Waals surface area contributed by atoms with Crippen LogP contribution in [-0.2, 0) is 6.42 Å². The van der Waals surface area contributed by atoms with Crippen LogP contribution in [0, 0.1) is 5.82 Å². The molecule has 0 aliphatic heterocycles. The van der Waals surface area contributed by atoms with Gasteiger partial charge in [-0.3, -0.25) is 0 Å². The molecule has 0 fully saturated rings. The van der Waals surface area contributed by atoms with Gasteiger partial charge in [-0.1, -0.05) is 36.4 Å². The highest BCUT2D eigenvalue weighted by Gasteiger charge is 2.08. The molecule has 3 N–H and O–H groups in total. The van der Waals surface area contributed by atoms with Gasteiger partial charge in [-0.25, -0.2) is 4.39 Å². The maximum atomic E-state index is 13.3. The number of rotatable bonds is 4. The van der Waals surface area contributed by atoms with Crippen LogP contribution in [-0.4, -0.2) is 6.04 Å². The summed E-state index contributed by atoms with van der Waals surface area (Å²) in [5.74, 6) is -0.382. The third-order valence-corrected chi connectivity index (χ3v) is 2.84. The molecule has 1 atom stereocenters. The minimum Gasteiger partial charge on any atom is -0.395 e. The van der Waals surface area contributed by atoms with Crippen LogP contribution in [0.4, 0.5) is 15.8 Å². The Balaban J connectivity index is 2.03. The van der Waals surface area contributed by atoms with Crippen LogP contribution in [0.1, 0.15) is 12.5 Å². The smallest absolute Gasteiger partial charge is 0.148 e. The van der Waals surface area contributed by atoms with Gasteiger partial charge in [0.1, 0.15) is 5.82 Å². The van der Waals surface area contributed by atoms with E-state index < -0.39 is 0 Å². The van der Waals surface area contributed by atoms with Gasteiger partial charge in [0.2, 0.25) is 0 Å². The number of hydrogen-bond acceptors (Lipinski definition) is 2. The molecule has 1 unspecified atom stereocenters. The molecule has 18 heavy (non-hydrogen) atoms. The van der Waals surface area contributed by atoms with E-state index in [9.17, 15) is 4.39 Å². The molecule has 2 rings (SSSR count). The number of anilines is 2. The van der Waals surface area contributed by atoms with Crippen molar-refractivity contribution in [3.63, 3.8) is 0 Å². The fraction of sp³-hybridized carbons (Fsp3) is 0.200. The van der Waals surface area contributed by atoms with Crippen molar-refractivity contribution in [2.45, 2.75) is 19.4 Å². The first-order chi connectivity index (χ1) is 8.66. The first kappa shape index (κ1) is 12.4.